The lowest BCUT2D eigenvalue weighted by molar-refractivity contribution is 0.0892. The van der Waals surface area contributed by atoms with E-state index < -0.39 is 0 Å². The van der Waals surface area contributed by atoms with Gasteiger partial charge in [-0.1, -0.05) is 34.6 Å². The van der Waals surface area contributed by atoms with Crippen LogP contribution in [0.2, 0.25) is 0 Å². The summed E-state index contributed by atoms with van der Waals surface area (Å²) in [5, 5.41) is 19.0. The fourth-order valence-corrected chi connectivity index (χ4v) is 1.91. The molecular formula is C14H25N3O2. The average Bonchev–Trinajstić information content (AvgIpc) is 2.75. The van der Waals surface area contributed by atoms with Crippen molar-refractivity contribution in [2.75, 3.05) is 6.61 Å². The monoisotopic (exact) mass is 267 g/mol. The molecule has 1 heterocycles. The van der Waals surface area contributed by atoms with E-state index in [1.807, 2.05) is 13.8 Å². The largest absolute Gasteiger partial charge is 0.394 e. The van der Waals surface area contributed by atoms with Crippen molar-refractivity contribution in [1.29, 1.82) is 0 Å². The Hall–Kier alpha value is -1.36. The summed E-state index contributed by atoms with van der Waals surface area (Å²) in [5.41, 5.74) is 1.35. The Morgan fingerprint density at radius 1 is 1.47 bits per heavy atom. The second-order valence-electron chi connectivity index (χ2n) is 6.48. The van der Waals surface area contributed by atoms with E-state index in [1.54, 1.807) is 6.07 Å². The third-order valence-electron chi connectivity index (χ3n) is 2.87. The van der Waals surface area contributed by atoms with Crippen LogP contribution in [0.25, 0.3) is 0 Å². The number of hydrogen-bond acceptors (Lipinski definition) is 3. The van der Waals surface area contributed by atoms with E-state index in [0.29, 0.717) is 11.6 Å². The Bertz CT molecular complexity index is 419. The molecule has 1 rings (SSSR count). The molecule has 0 saturated carbocycles. The summed E-state index contributed by atoms with van der Waals surface area (Å²) in [6.45, 7) is 10.2. The lowest BCUT2D eigenvalue weighted by Crippen LogP contribution is -2.40. The maximum atomic E-state index is 12.0. The number of aliphatic hydroxyl groups excluding tert-OH is 1. The van der Waals surface area contributed by atoms with Gasteiger partial charge in [-0.3, -0.25) is 9.89 Å². The zero-order valence-corrected chi connectivity index (χ0v) is 12.4. The van der Waals surface area contributed by atoms with Crippen molar-refractivity contribution in [2.24, 2.45) is 5.41 Å². The number of carbonyl (C=O) groups is 1. The molecule has 5 heteroatoms. The molecule has 1 aromatic heterocycles. The molecule has 0 radical (unpaired) electrons. The minimum absolute atomic E-state index is 0.0509. The maximum absolute atomic E-state index is 12.0. The molecule has 0 fully saturated rings. The van der Waals surface area contributed by atoms with E-state index >= 15 is 0 Å². The van der Waals surface area contributed by atoms with E-state index in [0.717, 1.165) is 12.1 Å². The van der Waals surface area contributed by atoms with Gasteiger partial charge in [0.1, 0.15) is 5.69 Å². The van der Waals surface area contributed by atoms with E-state index in [2.05, 4.69) is 36.3 Å². The number of hydrogen-bond donors (Lipinski definition) is 3. The topological polar surface area (TPSA) is 78.0 Å². The van der Waals surface area contributed by atoms with Gasteiger partial charge in [0, 0.05) is 5.69 Å². The third-order valence-corrected chi connectivity index (χ3v) is 2.87. The number of carbonyl (C=O) groups excluding carboxylic acids is 1. The first-order valence-corrected chi connectivity index (χ1v) is 6.70. The number of rotatable bonds is 5. The van der Waals surface area contributed by atoms with Gasteiger partial charge >= 0.3 is 0 Å². The fraction of sp³-hybridized carbons (Fsp3) is 0.714. The van der Waals surface area contributed by atoms with Crippen LogP contribution in [0.5, 0.6) is 0 Å². The Morgan fingerprint density at radius 3 is 2.53 bits per heavy atom. The number of H-pyrrole nitrogens is 1. The predicted molar refractivity (Wildman–Crippen MR) is 75.1 cm³/mol. The van der Waals surface area contributed by atoms with Crippen molar-refractivity contribution in [3.8, 4) is 0 Å². The van der Waals surface area contributed by atoms with E-state index in [4.69, 9.17) is 0 Å². The number of aromatic amines is 1. The molecule has 1 unspecified atom stereocenters. The van der Waals surface area contributed by atoms with Crippen molar-refractivity contribution in [3.05, 3.63) is 17.5 Å². The molecule has 108 valence electrons. The molecule has 0 aromatic carbocycles. The molecule has 1 atom stereocenters. The van der Waals surface area contributed by atoms with Crippen LogP contribution < -0.4 is 5.32 Å². The van der Waals surface area contributed by atoms with Crippen molar-refractivity contribution in [3.63, 3.8) is 0 Å². The summed E-state index contributed by atoms with van der Waals surface area (Å²) >= 11 is 0. The summed E-state index contributed by atoms with van der Waals surface area (Å²) in [6, 6.07) is 1.51. The summed E-state index contributed by atoms with van der Waals surface area (Å²) < 4.78 is 0. The highest BCUT2D eigenvalue weighted by Crippen LogP contribution is 2.21. The molecule has 1 amide bonds. The highest BCUT2D eigenvalue weighted by Gasteiger charge is 2.21. The molecule has 19 heavy (non-hydrogen) atoms. The van der Waals surface area contributed by atoms with Gasteiger partial charge < -0.3 is 10.4 Å². The van der Waals surface area contributed by atoms with Crippen LogP contribution in [0, 0.1) is 5.41 Å². The average molecular weight is 267 g/mol. The molecule has 0 aliphatic rings. The number of nitrogens with one attached hydrogen (secondary N) is 2. The van der Waals surface area contributed by atoms with Crippen LogP contribution in [-0.2, 0) is 0 Å². The highest BCUT2D eigenvalue weighted by atomic mass is 16.3. The molecule has 0 aliphatic carbocycles. The Labute approximate surface area is 114 Å². The molecule has 0 saturated heterocycles. The third kappa shape index (κ3) is 5.03. The standard InChI is InChI=1S/C14H25N3O2/c1-9(2)11-6-12(17-16-11)13(19)15-10(8-18)7-14(3,4)5/h6,9-10,18H,7-8H2,1-5H3,(H,15,19)(H,16,17). The first kappa shape index (κ1) is 15.7. The van der Waals surface area contributed by atoms with Crippen LogP contribution >= 0.6 is 0 Å². The number of nitrogens with zero attached hydrogens (tertiary/aromatic N) is 1. The number of aliphatic hydroxyl groups is 1. The van der Waals surface area contributed by atoms with Gasteiger partial charge in [0.05, 0.1) is 12.6 Å². The predicted octanol–water partition coefficient (Wildman–Crippen LogP) is 2.06. The lowest BCUT2D eigenvalue weighted by Gasteiger charge is -2.25. The first-order valence-electron chi connectivity index (χ1n) is 6.70. The number of aromatic nitrogens is 2. The summed E-state index contributed by atoms with van der Waals surface area (Å²) in [6.07, 6.45) is 0.719. The van der Waals surface area contributed by atoms with Gasteiger partial charge in [0.2, 0.25) is 0 Å². The van der Waals surface area contributed by atoms with Gasteiger partial charge in [-0.2, -0.15) is 5.10 Å². The Balaban J connectivity index is 2.66. The van der Waals surface area contributed by atoms with Crippen LogP contribution in [0.1, 0.15) is 63.1 Å². The van der Waals surface area contributed by atoms with Crippen molar-refractivity contribution in [2.45, 2.75) is 53.0 Å². The molecule has 3 N–H and O–H groups in total. The summed E-state index contributed by atoms with van der Waals surface area (Å²) in [5.74, 6) is 0.0590. The molecule has 0 spiro atoms. The smallest absolute Gasteiger partial charge is 0.272 e. The molecule has 0 bridgehead atoms. The lowest BCUT2D eigenvalue weighted by atomic mass is 9.88. The van der Waals surface area contributed by atoms with Crippen LogP contribution in [0.3, 0.4) is 0 Å². The van der Waals surface area contributed by atoms with Gasteiger partial charge in [-0.05, 0) is 23.8 Å². The minimum atomic E-state index is -0.244. The van der Waals surface area contributed by atoms with Gasteiger partial charge in [-0.25, -0.2) is 0 Å². The van der Waals surface area contributed by atoms with E-state index in [1.165, 1.54) is 0 Å². The van der Waals surface area contributed by atoms with E-state index in [-0.39, 0.29) is 24.0 Å². The molecule has 5 nitrogen and oxygen atoms in total. The van der Waals surface area contributed by atoms with Crippen molar-refractivity contribution < 1.29 is 9.90 Å². The molecular weight excluding hydrogens is 242 g/mol. The summed E-state index contributed by atoms with van der Waals surface area (Å²) in [4.78, 5) is 12.0. The van der Waals surface area contributed by atoms with Crippen molar-refractivity contribution >= 4 is 5.91 Å². The van der Waals surface area contributed by atoms with E-state index in [9.17, 15) is 9.90 Å². The fourth-order valence-electron chi connectivity index (χ4n) is 1.91. The highest BCUT2D eigenvalue weighted by molar-refractivity contribution is 5.92. The Morgan fingerprint density at radius 2 is 2.11 bits per heavy atom. The van der Waals surface area contributed by atoms with Crippen LogP contribution in [-0.4, -0.2) is 33.9 Å². The van der Waals surface area contributed by atoms with Crippen molar-refractivity contribution in [1.82, 2.24) is 15.5 Å². The second kappa shape index (κ2) is 6.19. The normalized spacial score (nSPS) is 13.6. The minimum Gasteiger partial charge on any atom is -0.394 e. The second-order valence-corrected chi connectivity index (χ2v) is 6.48. The zero-order valence-electron chi connectivity index (χ0n) is 12.4. The maximum Gasteiger partial charge on any atom is 0.272 e. The first-order chi connectivity index (χ1) is 8.73. The molecule has 0 aliphatic heterocycles. The quantitative estimate of drug-likeness (QED) is 0.764. The SMILES string of the molecule is CC(C)c1cc(C(=O)NC(CO)CC(C)(C)C)n[nH]1. The zero-order chi connectivity index (χ0) is 14.6. The Kier molecular flexibility index (Phi) is 5.11. The van der Waals surface area contributed by atoms with Gasteiger partial charge in [-0.15, -0.1) is 0 Å². The van der Waals surface area contributed by atoms with Crippen LogP contribution in [0.15, 0.2) is 6.07 Å². The van der Waals surface area contributed by atoms with Gasteiger partial charge in [0.25, 0.3) is 5.91 Å². The summed E-state index contributed by atoms with van der Waals surface area (Å²) in [7, 11) is 0. The number of amides is 1. The van der Waals surface area contributed by atoms with Gasteiger partial charge in [0.15, 0.2) is 0 Å². The van der Waals surface area contributed by atoms with Crippen LogP contribution in [0.4, 0.5) is 0 Å². The molecule has 1 aromatic rings.